The van der Waals surface area contributed by atoms with Gasteiger partial charge in [-0.1, -0.05) is 24.3 Å². The zero-order valence-corrected chi connectivity index (χ0v) is 19.4. The lowest BCUT2D eigenvalue weighted by molar-refractivity contribution is -0.128. The summed E-state index contributed by atoms with van der Waals surface area (Å²) < 4.78 is 19.4. The van der Waals surface area contributed by atoms with Crippen molar-refractivity contribution >= 4 is 22.7 Å². The number of H-pyrrole nitrogens is 1. The highest BCUT2D eigenvalue weighted by Gasteiger charge is 2.32. The second-order valence-electron chi connectivity index (χ2n) is 8.89. The van der Waals surface area contributed by atoms with Crippen molar-refractivity contribution in [2.45, 2.75) is 19.9 Å². The Labute approximate surface area is 198 Å². The Morgan fingerprint density at radius 3 is 2.76 bits per heavy atom. The average Bonchev–Trinajstić information content (AvgIpc) is 3.23. The number of likely N-dealkylation sites (tertiary alicyclic amines) is 1. The minimum absolute atomic E-state index is 0.0234. The third-order valence-corrected chi connectivity index (χ3v) is 6.13. The first-order chi connectivity index (χ1) is 16.5. The number of aromatic nitrogens is 1. The number of benzene rings is 2. The molecule has 1 aliphatic rings. The zero-order valence-electron chi connectivity index (χ0n) is 19.4. The minimum atomic E-state index is -0.335. The fourth-order valence-corrected chi connectivity index (χ4v) is 4.59. The molecule has 1 aromatic heterocycles. The number of carbonyl (C=O) groups excluding carboxylic acids is 2. The Morgan fingerprint density at radius 1 is 1.12 bits per heavy atom. The van der Waals surface area contributed by atoms with Gasteiger partial charge in [0.15, 0.2) is 0 Å². The van der Waals surface area contributed by atoms with Gasteiger partial charge in [0.05, 0.1) is 12.5 Å². The number of halogens is 1. The van der Waals surface area contributed by atoms with Gasteiger partial charge in [-0.2, -0.15) is 0 Å². The Hall–Kier alpha value is -3.39. The van der Waals surface area contributed by atoms with E-state index < -0.39 is 0 Å². The molecule has 0 bridgehead atoms. The van der Waals surface area contributed by atoms with Gasteiger partial charge >= 0.3 is 0 Å². The first kappa shape index (κ1) is 23.8. The maximum absolute atomic E-state index is 13.5. The van der Waals surface area contributed by atoms with Crippen LogP contribution < -0.4 is 15.4 Å². The first-order valence-corrected chi connectivity index (χ1v) is 11.7. The molecule has 0 saturated carbocycles. The van der Waals surface area contributed by atoms with Gasteiger partial charge in [0.1, 0.15) is 11.6 Å². The lowest BCUT2D eigenvalue weighted by Crippen LogP contribution is -2.48. The number of fused-ring (bicyclic) bond motifs is 1. The van der Waals surface area contributed by atoms with Crippen molar-refractivity contribution in [1.82, 2.24) is 20.5 Å². The van der Waals surface area contributed by atoms with E-state index in [1.54, 1.807) is 12.1 Å². The number of para-hydroxylation sites is 1. The van der Waals surface area contributed by atoms with E-state index in [4.69, 9.17) is 4.74 Å². The maximum Gasteiger partial charge on any atom is 0.224 e. The van der Waals surface area contributed by atoms with E-state index in [0.29, 0.717) is 38.4 Å². The lowest BCUT2D eigenvalue weighted by Gasteiger charge is -2.37. The molecule has 2 amide bonds. The fraction of sp³-hybridized carbons (Fsp3) is 0.385. The molecule has 7 nitrogen and oxygen atoms in total. The molecule has 1 aliphatic heterocycles. The largest absolute Gasteiger partial charge is 0.493 e. The van der Waals surface area contributed by atoms with Crippen molar-refractivity contribution in [3.8, 4) is 5.75 Å². The molecule has 1 saturated heterocycles. The lowest BCUT2D eigenvalue weighted by atomic mass is 9.88. The molecule has 0 aliphatic carbocycles. The summed E-state index contributed by atoms with van der Waals surface area (Å²) >= 11 is 0. The first-order valence-electron chi connectivity index (χ1n) is 11.7. The number of carbonyl (C=O) groups is 2. The molecule has 1 fully saturated rings. The maximum atomic E-state index is 13.5. The van der Waals surface area contributed by atoms with Crippen LogP contribution in [0.25, 0.3) is 10.9 Å². The molecular weight excluding hydrogens is 435 g/mol. The SMILES string of the molecule is CC(=O)NCCNC(=O)[C@@H]1C[C@H](COc2cccc(F)c2)CN(Cc2c[nH]c3ccccc23)C1. The Kier molecular flexibility index (Phi) is 7.80. The molecule has 8 heteroatoms. The van der Waals surface area contributed by atoms with Gasteiger partial charge in [0.25, 0.3) is 0 Å². The Bertz CT molecular complexity index is 1130. The summed E-state index contributed by atoms with van der Waals surface area (Å²) in [7, 11) is 0. The molecule has 180 valence electrons. The molecule has 3 N–H and O–H groups in total. The van der Waals surface area contributed by atoms with E-state index in [1.165, 1.54) is 30.0 Å². The highest BCUT2D eigenvalue weighted by atomic mass is 19.1. The van der Waals surface area contributed by atoms with Crippen molar-refractivity contribution in [3.63, 3.8) is 0 Å². The second kappa shape index (κ2) is 11.2. The Morgan fingerprint density at radius 2 is 1.94 bits per heavy atom. The summed E-state index contributed by atoms with van der Waals surface area (Å²) in [5, 5.41) is 6.81. The van der Waals surface area contributed by atoms with Crippen LogP contribution in [0.15, 0.2) is 54.7 Å². The number of hydrogen-bond donors (Lipinski definition) is 3. The molecule has 0 spiro atoms. The summed E-state index contributed by atoms with van der Waals surface area (Å²) in [6, 6.07) is 14.3. The quantitative estimate of drug-likeness (QED) is 0.423. The molecule has 0 unspecified atom stereocenters. The van der Waals surface area contributed by atoms with Gasteiger partial charge in [0, 0.05) is 68.7 Å². The third-order valence-electron chi connectivity index (χ3n) is 6.13. The standard InChI is InChI=1S/C26H31FN4O3/c1-18(32)28-9-10-29-26(33)20-11-19(17-34-23-6-4-5-22(27)12-23)14-31(15-20)16-21-13-30-25-8-3-2-7-24(21)25/h2-8,12-13,19-20,30H,9-11,14-17H2,1H3,(H,28,32)(H,29,33)/t19-,20+/m0/s1. The van der Waals surface area contributed by atoms with E-state index in [2.05, 4.69) is 32.7 Å². The molecule has 2 atom stereocenters. The van der Waals surface area contributed by atoms with Crippen molar-refractivity contribution in [2.24, 2.45) is 11.8 Å². The molecular formula is C26H31FN4O3. The van der Waals surface area contributed by atoms with Gasteiger partial charge in [-0.25, -0.2) is 4.39 Å². The van der Waals surface area contributed by atoms with E-state index in [0.717, 1.165) is 18.6 Å². The van der Waals surface area contributed by atoms with Crippen LogP contribution in [0.5, 0.6) is 5.75 Å². The monoisotopic (exact) mass is 466 g/mol. The topological polar surface area (TPSA) is 86.5 Å². The van der Waals surface area contributed by atoms with Crippen molar-refractivity contribution in [2.75, 3.05) is 32.8 Å². The number of rotatable bonds is 9. The van der Waals surface area contributed by atoms with Crippen LogP contribution in [0.4, 0.5) is 4.39 Å². The van der Waals surface area contributed by atoms with E-state index in [-0.39, 0.29) is 29.5 Å². The Balaban J connectivity index is 1.42. The molecule has 4 rings (SSSR count). The predicted octanol–water partition coefficient (Wildman–Crippen LogP) is 3.08. The van der Waals surface area contributed by atoms with Crippen LogP contribution in [0.1, 0.15) is 18.9 Å². The van der Waals surface area contributed by atoms with Crippen LogP contribution in [-0.2, 0) is 16.1 Å². The second-order valence-corrected chi connectivity index (χ2v) is 8.89. The highest BCUT2D eigenvalue weighted by molar-refractivity contribution is 5.83. The third kappa shape index (κ3) is 6.35. The highest BCUT2D eigenvalue weighted by Crippen LogP contribution is 2.27. The van der Waals surface area contributed by atoms with Crippen LogP contribution >= 0.6 is 0 Å². The molecule has 34 heavy (non-hydrogen) atoms. The van der Waals surface area contributed by atoms with E-state index in [9.17, 15) is 14.0 Å². The summed E-state index contributed by atoms with van der Waals surface area (Å²) in [4.78, 5) is 29.6. The molecule has 3 aromatic rings. The summed E-state index contributed by atoms with van der Waals surface area (Å²) in [6.07, 6.45) is 2.71. The summed E-state index contributed by atoms with van der Waals surface area (Å²) in [6.45, 7) is 4.79. The van der Waals surface area contributed by atoms with Crippen LogP contribution in [0.2, 0.25) is 0 Å². The van der Waals surface area contributed by atoms with Crippen molar-refractivity contribution in [1.29, 1.82) is 0 Å². The van der Waals surface area contributed by atoms with Crippen LogP contribution in [-0.4, -0.2) is 54.5 Å². The fourth-order valence-electron chi connectivity index (χ4n) is 4.59. The summed E-state index contributed by atoms with van der Waals surface area (Å²) in [5.74, 6) is -0.0644. The molecule has 2 heterocycles. The molecule has 0 radical (unpaired) electrons. The van der Waals surface area contributed by atoms with Gasteiger partial charge < -0.3 is 20.4 Å². The summed E-state index contributed by atoms with van der Waals surface area (Å²) in [5.41, 5.74) is 2.28. The van der Waals surface area contributed by atoms with Crippen LogP contribution in [0.3, 0.4) is 0 Å². The average molecular weight is 467 g/mol. The number of amides is 2. The van der Waals surface area contributed by atoms with Gasteiger partial charge in [-0.3, -0.25) is 14.5 Å². The van der Waals surface area contributed by atoms with E-state index >= 15 is 0 Å². The van der Waals surface area contributed by atoms with Crippen LogP contribution in [0, 0.1) is 17.7 Å². The van der Waals surface area contributed by atoms with Gasteiger partial charge in [0.2, 0.25) is 11.8 Å². The number of piperidine rings is 1. The van der Waals surface area contributed by atoms with Gasteiger partial charge in [-0.05, 0) is 30.2 Å². The molecule has 2 aromatic carbocycles. The number of nitrogens with zero attached hydrogens (tertiary/aromatic N) is 1. The number of ether oxygens (including phenoxy) is 1. The van der Waals surface area contributed by atoms with E-state index in [1.807, 2.05) is 18.3 Å². The zero-order chi connectivity index (χ0) is 23.9. The van der Waals surface area contributed by atoms with Crippen molar-refractivity contribution < 1.29 is 18.7 Å². The van der Waals surface area contributed by atoms with Gasteiger partial charge in [-0.15, -0.1) is 0 Å². The number of aromatic amines is 1. The number of nitrogens with one attached hydrogen (secondary N) is 3. The predicted molar refractivity (Wildman–Crippen MR) is 129 cm³/mol. The van der Waals surface area contributed by atoms with Crippen molar-refractivity contribution in [3.05, 3.63) is 66.1 Å². The minimum Gasteiger partial charge on any atom is -0.493 e. The normalized spacial score (nSPS) is 18.5. The smallest absolute Gasteiger partial charge is 0.224 e. The number of hydrogen-bond acceptors (Lipinski definition) is 4.